The van der Waals surface area contributed by atoms with Crippen LogP contribution in [-0.2, 0) is 11.2 Å². The summed E-state index contributed by atoms with van der Waals surface area (Å²) >= 11 is 0. The molecule has 2 N–H and O–H groups in total. The van der Waals surface area contributed by atoms with E-state index in [-0.39, 0.29) is 17.8 Å². The van der Waals surface area contributed by atoms with Crippen molar-refractivity contribution >= 4 is 11.6 Å². The molecule has 0 radical (unpaired) electrons. The zero-order valence-corrected chi connectivity index (χ0v) is 8.73. The van der Waals surface area contributed by atoms with E-state index in [1.54, 1.807) is 13.1 Å². The maximum absolute atomic E-state index is 13.4. The number of nitrogens with one attached hydrogen (secondary N) is 2. The Labute approximate surface area is 87.7 Å². The van der Waals surface area contributed by atoms with Crippen molar-refractivity contribution in [3.63, 3.8) is 0 Å². The summed E-state index contributed by atoms with van der Waals surface area (Å²) in [6.07, 6.45) is 0.419. The molecule has 1 atom stereocenters. The van der Waals surface area contributed by atoms with Crippen LogP contribution in [0.4, 0.5) is 10.1 Å². The van der Waals surface area contributed by atoms with E-state index in [0.29, 0.717) is 12.0 Å². The highest BCUT2D eigenvalue weighted by Crippen LogP contribution is 2.31. The van der Waals surface area contributed by atoms with Crippen LogP contribution in [-0.4, -0.2) is 19.0 Å². The Morgan fingerprint density at radius 2 is 2.33 bits per heavy atom. The molecule has 1 unspecified atom stereocenters. The molecule has 1 aliphatic heterocycles. The number of hydrogen-bond donors (Lipinski definition) is 2. The van der Waals surface area contributed by atoms with Crippen LogP contribution in [0.1, 0.15) is 11.1 Å². The number of amides is 1. The van der Waals surface area contributed by atoms with Gasteiger partial charge in [0.25, 0.3) is 0 Å². The largest absolute Gasteiger partial charge is 0.373 e. The molecule has 0 saturated carbocycles. The third-order valence-corrected chi connectivity index (χ3v) is 2.75. The van der Waals surface area contributed by atoms with E-state index in [1.165, 1.54) is 6.07 Å². The monoisotopic (exact) mass is 208 g/mol. The third-order valence-electron chi connectivity index (χ3n) is 2.75. The quantitative estimate of drug-likeness (QED) is 0.728. The summed E-state index contributed by atoms with van der Waals surface area (Å²) in [6, 6.07) is 2.82. The summed E-state index contributed by atoms with van der Waals surface area (Å²) in [6.45, 7) is 1.90. The van der Waals surface area contributed by atoms with Crippen LogP contribution in [0.2, 0.25) is 0 Å². The smallest absolute Gasteiger partial charge is 0.242 e. The normalized spacial score (nSPS) is 18.2. The number of hydrogen-bond acceptors (Lipinski definition) is 2. The lowest BCUT2D eigenvalue weighted by Crippen LogP contribution is -2.36. The van der Waals surface area contributed by atoms with Gasteiger partial charge in [0.2, 0.25) is 5.91 Å². The number of benzene rings is 1. The number of carbonyl (C=O) groups is 1. The molecule has 1 amide bonds. The maximum atomic E-state index is 13.4. The van der Waals surface area contributed by atoms with Crippen molar-refractivity contribution in [1.82, 2.24) is 5.32 Å². The fourth-order valence-electron chi connectivity index (χ4n) is 1.90. The van der Waals surface area contributed by atoms with E-state index in [0.717, 1.165) is 11.3 Å². The molecule has 3 nitrogen and oxygen atoms in total. The first-order valence-corrected chi connectivity index (χ1v) is 4.89. The summed E-state index contributed by atoms with van der Waals surface area (Å²) in [7, 11) is 1.58. The molecule has 80 valence electrons. The molecule has 0 fully saturated rings. The van der Waals surface area contributed by atoms with Gasteiger partial charge in [0, 0.05) is 24.7 Å². The number of halogens is 1. The average Bonchev–Trinajstić information content (AvgIpc) is 2.68. The zero-order valence-electron chi connectivity index (χ0n) is 8.73. The summed E-state index contributed by atoms with van der Waals surface area (Å²) in [4.78, 5) is 11.4. The fourth-order valence-corrected chi connectivity index (χ4v) is 1.90. The Morgan fingerprint density at radius 3 is 2.93 bits per heavy atom. The van der Waals surface area contributed by atoms with Crippen LogP contribution in [0.25, 0.3) is 0 Å². The van der Waals surface area contributed by atoms with E-state index < -0.39 is 0 Å². The van der Waals surface area contributed by atoms with Crippen molar-refractivity contribution in [3.05, 3.63) is 29.1 Å². The molecular formula is C11H13FN2O. The number of likely N-dealkylation sites (N-methyl/N-ethyl adjacent to an activating group) is 1. The Hall–Kier alpha value is -1.58. The Kier molecular flexibility index (Phi) is 2.34. The average molecular weight is 208 g/mol. The van der Waals surface area contributed by atoms with E-state index in [2.05, 4.69) is 10.6 Å². The highest BCUT2D eigenvalue weighted by Gasteiger charge is 2.29. The summed E-state index contributed by atoms with van der Waals surface area (Å²) in [5.41, 5.74) is 2.35. The fraction of sp³-hybridized carbons (Fsp3) is 0.364. The molecule has 0 saturated heterocycles. The molecule has 2 rings (SSSR count). The Bertz CT molecular complexity index is 386. The third kappa shape index (κ3) is 1.56. The minimum atomic E-state index is -0.347. The zero-order chi connectivity index (χ0) is 11.0. The first-order chi connectivity index (χ1) is 7.13. The first kappa shape index (κ1) is 9.96. The van der Waals surface area contributed by atoms with Crippen molar-refractivity contribution in [1.29, 1.82) is 0 Å². The van der Waals surface area contributed by atoms with Crippen LogP contribution in [0, 0.1) is 12.7 Å². The molecule has 0 bridgehead atoms. The summed E-state index contributed by atoms with van der Waals surface area (Å²) < 4.78 is 13.4. The maximum Gasteiger partial charge on any atom is 0.242 e. The second-order valence-electron chi connectivity index (χ2n) is 3.73. The van der Waals surface area contributed by atoms with Crippen LogP contribution >= 0.6 is 0 Å². The van der Waals surface area contributed by atoms with Gasteiger partial charge in [-0.3, -0.25) is 4.79 Å². The Balaban J connectivity index is 2.34. The molecule has 0 aromatic heterocycles. The summed E-state index contributed by atoms with van der Waals surface area (Å²) in [5.74, 6) is -0.348. The van der Waals surface area contributed by atoms with Gasteiger partial charge in [-0.05, 0) is 18.6 Å². The van der Waals surface area contributed by atoms with Crippen molar-refractivity contribution in [2.75, 3.05) is 12.4 Å². The van der Waals surface area contributed by atoms with Gasteiger partial charge in [-0.1, -0.05) is 6.07 Å². The topological polar surface area (TPSA) is 41.1 Å². The number of anilines is 1. The molecule has 1 aliphatic rings. The lowest BCUT2D eigenvalue weighted by Gasteiger charge is -2.09. The molecule has 1 aromatic rings. The van der Waals surface area contributed by atoms with Gasteiger partial charge in [-0.25, -0.2) is 4.39 Å². The SMILES string of the molecule is CNC(=O)C1Cc2c(F)ccc(C)c2N1. The van der Waals surface area contributed by atoms with Crippen LogP contribution < -0.4 is 10.6 Å². The predicted octanol–water partition coefficient (Wildman–Crippen LogP) is 1.22. The van der Waals surface area contributed by atoms with Gasteiger partial charge in [0.1, 0.15) is 11.9 Å². The van der Waals surface area contributed by atoms with E-state index in [1.807, 2.05) is 6.92 Å². The molecule has 15 heavy (non-hydrogen) atoms. The molecule has 0 aliphatic carbocycles. The second kappa shape index (κ2) is 3.53. The molecule has 1 heterocycles. The van der Waals surface area contributed by atoms with Gasteiger partial charge < -0.3 is 10.6 Å². The second-order valence-corrected chi connectivity index (χ2v) is 3.73. The minimum Gasteiger partial charge on any atom is -0.373 e. The van der Waals surface area contributed by atoms with Crippen LogP contribution in [0.3, 0.4) is 0 Å². The van der Waals surface area contributed by atoms with Crippen molar-refractivity contribution < 1.29 is 9.18 Å². The number of carbonyl (C=O) groups excluding carboxylic acids is 1. The van der Waals surface area contributed by atoms with Crippen molar-refractivity contribution in [2.45, 2.75) is 19.4 Å². The Morgan fingerprint density at radius 1 is 1.60 bits per heavy atom. The predicted molar refractivity (Wildman–Crippen MR) is 56.3 cm³/mol. The van der Waals surface area contributed by atoms with Crippen LogP contribution in [0.15, 0.2) is 12.1 Å². The van der Waals surface area contributed by atoms with Crippen molar-refractivity contribution in [3.8, 4) is 0 Å². The van der Waals surface area contributed by atoms with Gasteiger partial charge in [-0.2, -0.15) is 0 Å². The molecule has 1 aromatic carbocycles. The number of rotatable bonds is 1. The van der Waals surface area contributed by atoms with Crippen molar-refractivity contribution in [2.24, 2.45) is 0 Å². The lowest BCUT2D eigenvalue weighted by molar-refractivity contribution is -0.121. The highest BCUT2D eigenvalue weighted by atomic mass is 19.1. The lowest BCUT2D eigenvalue weighted by atomic mass is 10.1. The van der Waals surface area contributed by atoms with E-state index in [4.69, 9.17) is 0 Å². The standard InChI is InChI=1S/C11H13FN2O/c1-6-3-4-8(12)7-5-9(11(15)13-2)14-10(6)7/h3-4,9,14H,5H2,1-2H3,(H,13,15). The minimum absolute atomic E-state index is 0.106. The van der Waals surface area contributed by atoms with E-state index >= 15 is 0 Å². The van der Waals surface area contributed by atoms with Gasteiger partial charge in [-0.15, -0.1) is 0 Å². The van der Waals surface area contributed by atoms with Crippen LogP contribution in [0.5, 0.6) is 0 Å². The van der Waals surface area contributed by atoms with Gasteiger partial charge >= 0.3 is 0 Å². The van der Waals surface area contributed by atoms with Gasteiger partial charge in [0.15, 0.2) is 0 Å². The number of aryl methyl sites for hydroxylation is 1. The number of fused-ring (bicyclic) bond motifs is 1. The summed E-state index contributed by atoms with van der Waals surface area (Å²) in [5, 5.41) is 5.60. The molecule has 0 spiro atoms. The highest BCUT2D eigenvalue weighted by molar-refractivity contribution is 5.87. The molecular weight excluding hydrogens is 195 g/mol. The van der Waals surface area contributed by atoms with Gasteiger partial charge in [0.05, 0.1) is 0 Å². The molecule has 4 heteroatoms. The first-order valence-electron chi connectivity index (χ1n) is 4.89. The van der Waals surface area contributed by atoms with E-state index in [9.17, 15) is 9.18 Å².